The van der Waals surface area contributed by atoms with E-state index in [9.17, 15) is 4.79 Å². The zero-order chi connectivity index (χ0) is 19.9. The van der Waals surface area contributed by atoms with E-state index < -0.39 is 0 Å². The monoisotopic (exact) mass is 382 g/mol. The molecule has 28 heavy (non-hydrogen) atoms. The summed E-state index contributed by atoms with van der Waals surface area (Å²) in [5.74, 6) is 1.14. The van der Waals surface area contributed by atoms with Crippen molar-refractivity contribution < 1.29 is 4.79 Å². The van der Waals surface area contributed by atoms with E-state index in [1.807, 2.05) is 43.0 Å². The van der Waals surface area contributed by atoms with Gasteiger partial charge in [0.1, 0.15) is 6.54 Å². The second kappa shape index (κ2) is 9.39. The fourth-order valence-corrected chi connectivity index (χ4v) is 3.52. The van der Waals surface area contributed by atoms with Gasteiger partial charge in [0.25, 0.3) is 0 Å². The van der Waals surface area contributed by atoms with E-state index >= 15 is 0 Å². The molecule has 2 heterocycles. The highest BCUT2D eigenvalue weighted by molar-refractivity contribution is 5.94. The van der Waals surface area contributed by atoms with Crippen LogP contribution in [-0.4, -0.2) is 52.7 Å². The summed E-state index contributed by atoms with van der Waals surface area (Å²) in [4.78, 5) is 19.1. The van der Waals surface area contributed by atoms with Gasteiger partial charge in [-0.25, -0.2) is 4.99 Å². The van der Waals surface area contributed by atoms with E-state index in [0.29, 0.717) is 5.92 Å². The Morgan fingerprint density at radius 3 is 2.93 bits per heavy atom. The van der Waals surface area contributed by atoms with Gasteiger partial charge >= 0.3 is 0 Å². The molecule has 1 fully saturated rings. The number of carbonyl (C=O) groups excluding carboxylic acids is 1. The number of aliphatic imine (C=N–C) groups is 1. The van der Waals surface area contributed by atoms with Crippen LogP contribution in [0.4, 0.5) is 5.69 Å². The fraction of sp³-hybridized carbons (Fsp3) is 0.476. The van der Waals surface area contributed by atoms with Crippen LogP contribution < -0.4 is 10.6 Å². The van der Waals surface area contributed by atoms with E-state index in [1.165, 1.54) is 11.1 Å². The molecule has 7 heteroatoms. The average Bonchev–Trinajstić information content (AvgIpc) is 3.34. The molecule has 0 saturated carbocycles. The third kappa shape index (κ3) is 5.12. The second-order valence-electron chi connectivity index (χ2n) is 7.15. The van der Waals surface area contributed by atoms with Gasteiger partial charge in [-0.05, 0) is 43.0 Å². The van der Waals surface area contributed by atoms with Gasteiger partial charge in [0.15, 0.2) is 5.96 Å². The summed E-state index contributed by atoms with van der Waals surface area (Å²) in [6.45, 7) is 6.83. The molecule has 0 bridgehead atoms. The Balaban J connectivity index is 1.60. The number of nitrogens with zero attached hydrogens (tertiary/aromatic N) is 4. The summed E-state index contributed by atoms with van der Waals surface area (Å²) in [6.07, 6.45) is 6.03. The van der Waals surface area contributed by atoms with Crippen molar-refractivity contribution in [3.8, 4) is 0 Å². The number of carbonyl (C=O) groups is 1. The van der Waals surface area contributed by atoms with E-state index in [0.717, 1.165) is 44.1 Å². The molecule has 1 saturated heterocycles. The first-order valence-electron chi connectivity index (χ1n) is 9.99. The van der Waals surface area contributed by atoms with Crippen molar-refractivity contribution in [3.05, 3.63) is 47.8 Å². The van der Waals surface area contributed by atoms with Crippen molar-refractivity contribution in [1.82, 2.24) is 20.0 Å². The first-order valence-corrected chi connectivity index (χ1v) is 9.99. The van der Waals surface area contributed by atoms with Crippen LogP contribution in [0.1, 0.15) is 37.3 Å². The summed E-state index contributed by atoms with van der Waals surface area (Å²) in [6, 6.07) is 7.93. The molecule has 7 nitrogen and oxygen atoms in total. The number of rotatable bonds is 6. The fourth-order valence-electron chi connectivity index (χ4n) is 3.52. The summed E-state index contributed by atoms with van der Waals surface area (Å²) in [7, 11) is 1.94. The Labute approximate surface area is 166 Å². The maximum Gasteiger partial charge on any atom is 0.246 e. The summed E-state index contributed by atoms with van der Waals surface area (Å²) in [5, 5.41) is 10.5. The number of amides is 1. The Morgan fingerprint density at radius 2 is 2.21 bits per heavy atom. The third-order valence-corrected chi connectivity index (χ3v) is 5.01. The molecule has 1 atom stereocenters. The number of guanidine groups is 1. The Kier molecular flexibility index (Phi) is 6.68. The molecule has 1 aliphatic rings. The molecule has 150 valence electrons. The minimum Gasteiger partial charge on any atom is -0.357 e. The van der Waals surface area contributed by atoms with Gasteiger partial charge in [-0.1, -0.05) is 19.1 Å². The molecule has 0 aliphatic carbocycles. The molecule has 1 amide bonds. The van der Waals surface area contributed by atoms with Crippen LogP contribution >= 0.6 is 0 Å². The van der Waals surface area contributed by atoms with Crippen LogP contribution in [0.15, 0.2) is 41.7 Å². The summed E-state index contributed by atoms with van der Waals surface area (Å²) >= 11 is 0. The number of aromatic nitrogens is 2. The minimum atomic E-state index is -0.105. The van der Waals surface area contributed by atoms with Crippen LogP contribution in [0, 0.1) is 0 Å². The highest BCUT2D eigenvalue weighted by Gasteiger charge is 2.27. The minimum absolute atomic E-state index is 0.104. The first-order chi connectivity index (χ1) is 13.6. The Morgan fingerprint density at radius 1 is 1.36 bits per heavy atom. The Hall–Kier alpha value is -2.83. The lowest BCUT2D eigenvalue weighted by Gasteiger charge is -2.21. The lowest BCUT2D eigenvalue weighted by Crippen LogP contribution is -2.40. The number of likely N-dealkylation sites (tertiary alicyclic amines) is 1. The standard InChI is InChI=1S/C21H30N6O/c1-4-16-7-6-8-19(11-16)25-20(28)13-23-21(22-5-2)27-10-9-17(15-27)18-12-24-26(3)14-18/h6-8,11-12,14,17H,4-5,9-10,13,15H2,1-3H3,(H,22,23)(H,25,28). The van der Waals surface area contributed by atoms with Gasteiger partial charge in [0, 0.05) is 44.5 Å². The molecular weight excluding hydrogens is 352 g/mol. The van der Waals surface area contributed by atoms with Gasteiger partial charge in [-0.2, -0.15) is 5.10 Å². The van der Waals surface area contributed by atoms with Crippen LogP contribution in [0.25, 0.3) is 0 Å². The van der Waals surface area contributed by atoms with Crippen LogP contribution in [0.2, 0.25) is 0 Å². The topological polar surface area (TPSA) is 74.6 Å². The summed E-state index contributed by atoms with van der Waals surface area (Å²) < 4.78 is 1.84. The van der Waals surface area contributed by atoms with Gasteiger partial charge in [0.05, 0.1) is 6.20 Å². The molecule has 3 rings (SSSR count). The molecular formula is C21H30N6O. The van der Waals surface area contributed by atoms with E-state index in [-0.39, 0.29) is 12.5 Å². The predicted molar refractivity (Wildman–Crippen MR) is 113 cm³/mol. The average molecular weight is 383 g/mol. The largest absolute Gasteiger partial charge is 0.357 e. The number of aryl methyl sites for hydroxylation is 2. The first kappa shape index (κ1) is 19.9. The number of hydrogen-bond donors (Lipinski definition) is 2. The normalized spacial score (nSPS) is 17.0. The maximum atomic E-state index is 12.3. The molecule has 1 aliphatic heterocycles. The highest BCUT2D eigenvalue weighted by Crippen LogP contribution is 2.26. The highest BCUT2D eigenvalue weighted by atomic mass is 16.1. The Bertz CT molecular complexity index is 828. The summed E-state index contributed by atoms with van der Waals surface area (Å²) in [5.41, 5.74) is 3.28. The van der Waals surface area contributed by atoms with Crippen molar-refractivity contribution in [2.45, 2.75) is 32.6 Å². The van der Waals surface area contributed by atoms with Crippen molar-refractivity contribution in [2.24, 2.45) is 12.0 Å². The van der Waals surface area contributed by atoms with E-state index in [2.05, 4.69) is 44.8 Å². The molecule has 1 unspecified atom stereocenters. The maximum absolute atomic E-state index is 12.3. The molecule has 2 aromatic rings. The molecule has 0 spiro atoms. The third-order valence-electron chi connectivity index (χ3n) is 5.01. The van der Waals surface area contributed by atoms with Crippen molar-refractivity contribution in [2.75, 3.05) is 31.5 Å². The van der Waals surface area contributed by atoms with Crippen molar-refractivity contribution in [1.29, 1.82) is 0 Å². The molecule has 1 aromatic carbocycles. The van der Waals surface area contributed by atoms with Gasteiger partial charge < -0.3 is 15.5 Å². The van der Waals surface area contributed by atoms with Crippen molar-refractivity contribution in [3.63, 3.8) is 0 Å². The van der Waals surface area contributed by atoms with Gasteiger partial charge in [0.2, 0.25) is 5.91 Å². The zero-order valence-electron chi connectivity index (χ0n) is 17.0. The van der Waals surface area contributed by atoms with Crippen LogP contribution in [-0.2, 0) is 18.3 Å². The molecule has 1 aromatic heterocycles. The second-order valence-corrected chi connectivity index (χ2v) is 7.15. The SMILES string of the molecule is CCNC(=NCC(=O)Nc1cccc(CC)c1)N1CCC(c2cnn(C)c2)C1. The zero-order valence-corrected chi connectivity index (χ0v) is 17.0. The smallest absolute Gasteiger partial charge is 0.246 e. The van der Waals surface area contributed by atoms with E-state index in [4.69, 9.17) is 0 Å². The van der Waals surface area contributed by atoms with Gasteiger partial charge in [-0.3, -0.25) is 9.48 Å². The number of anilines is 1. The van der Waals surface area contributed by atoms with Crippen LogP contribution in [0.3, 0.4) is 0 Å². The van der Waals surface area contributed by atoms with Crippen LogP contribution in [0.5, 0.6) is 0 Å². The van der Waals surface area contributed by atoms with Gasteiger partial charge in [-0.15, -0.1) is 0 Å². The molecule has 0 radical (unpaired) electrons. The number of nitrogens with one attached hydrogen (secondary N) is 2. The van der Waals surface area contributed by atoms with Crippen molar-refractivity contribution >= 4 is 17.6 Å². The lowest BCUT2D eigenvalue weighted by molar-refractivity contribution is -0.114. The molecule has 2 N–H and O–H groups in total. The lowest BCUT2D eigenvalue weighted by atomic mass is 10.0. The van der Waals surface area contributed by atoms with E-state index in [1.54, 1.807) is 0 Å². The quantitative estimate of drug-likeness (QED) is 0.594. The predicted octanol–water partition coefficient (Wildman–Crippen LogP) is 2.38. The number of hydrogen-bond acceptors (Lipinski definition) is 3. The number of benzene rings is 1.